The second kappa shape index (κ2) is 4.73. The van der Waals surface area contributed by atoms with Gasteiger partial charge in [-0.3, -0.25) is 9.29 Å². The van der Waals surface area contributed by atoms with Crippen molar-refractivity contribution >= 4 is 26.8 Å². The molecule has 23 heavy (non-hydrogen) atoms. The number of fused-ring (bicyclic) bond motifs is 2. The van der Waals surface area contributed by atoms with E-state index in [4.69, 9.17) is 4.42 Å². The van der Waals surface area contributed by atoms with Crippen molar-refractivity contribution in [2.75, 3.05) is 10.8 Å². The number of anilines is 1. The van der Waals surface area contributed by atoms with Crippen LogP contribution in [0.3, 0.4) is 0 Å². The maximum absolute atomic E-state index is 13.0. The molecular formula is C16H14N2O4S. The first kappa shape index (κ1) is 14.1. The zero-order valence-electron chi connectivity index (χ0n) is 12.3. The third-order valence-electron chi connectivity index (χ3n) is 4.16. The summed E-state index contributed by atoms with van der Waals surface area (Å²) in [6, 6.07) is 11.9. The standard InChI is InChI=1S/C16H14N2O4S/c1-10-9-18(14-5-3-2-4-12(10)14)23(20,21)11-6-7-13-15(8-11)22-16(19)17-13/h2-8,10H,9H2,1H3,(H,17,19). The number of hydrogen-bond acceptors (Lipinski definition) is 4. The number of para-hydroxylation sites is 1. The number of aromatic nitrogens is 1. The first-order chi connectivity index (χ1) is 11.0. The van der Waals surface area contributed by atoms with E-state index in [1.807, 2.05) is 31.2 Å². The fourth-order valence-corrected chi connectivity index (χ4v) is 4.61. The summed E-state index contributed by atoms with van der Waals surface area (Å²) in [5.41, 5.74) is 2.43. The lowest BCUT2D eigenvalue weighted by atomic mass is 10.0. The smallest absolute Gasteiger partial charge is 0.408 e. The average molecular weight is 330 g/mol. The fourth-order valence-electron chi connectivity index (χ4n) is 3.02. The van der Waals surface area contributed by atoms with Crippen molar-refractivity contribution in [3.8, 4) is 0 Å². The Balaban J connectivity index is 1.85. The normalized spacial score (nSPS) is 17.6. The van der Waals surface area contributed by atoms with Crippen molar-refractivity contribution in [2.24, 2.45) is 0 Å². The van der Waals surface area contributed by atoms with Gasteiger partial charge in [0.15, 0.2) is 5.58 Å². The van der Waals surface area contributed by atoms with Crippen LogP contribution in [0, 0.1) is 0 Å². The second-order valence-corrected chi connectivity index (χ2v) is 7.53. The Morgan fingerprint density at radius 2 is 2.00 bits per heavy atom. The van der Waals surface area contributed by atoms with Gasteiger partial charge in [-0.2, -0.15) is 0 Å². The lowest BCUT2D eigenvalue weighted by Gasteiger charge is -2.19. The van der Waals surface area contributed by atoms with Crippen LogP contribution in [-0.4, -0.2) is 19.9 Å². The van der Waals surface area contributed by atoms with Crippen LogP contribution in [0.1, 0.15) is 18.4 Å². The maximum Gasteiger partial charge on any atom is 0.417 e. The van der Waals surface area contributed by atoms with E-state index in [0.717, 1.165) is 5.56 Å². The van der Waals surface area contributed by atoms with Crippen molar-refractivity contribution in [1.82, 2.24) is 4.98 Å². The van der Waals surface area contributed by atoms with Gasteiger partial charge in [0.25, 0.3) is 10.0 Å². The van der Waals surface area contributed by atoms with Gasteiger partial charge < -0.3 is 4.42 Å². The van der Waals surface area contributed by atoms with E-state index < -0.39 is 15.8 Å². The molecule has 6 nitrogen and oxygen atoms in total. The summed E-state index contributed by atoms with van der Waals surface area (Å²) in [6.07, 6.45) is 0. The van der Waals surface area contributed by atoms with Crippen LogP contribution in [0.15, 0.2) is 56.6 Å². The molecule has 118 valence electrons. The number of oxazole rings is 1. The molecule has 3 aromatic rings. The van der Waals surface area contributed by atoms with Gasteiger partial charge in [-0.25, -0.2) is 13.2 Å². The molecule has 0 saturated heterocycles. The molecule has 1 unspecified atom stereocenters. The first-order valence-electron chi connectivity index (χ1n) is 7.21. The van der Waals surface area contributed by atoms with Crippen LogP contribution < -0.4 is 10.1 Å². The van der Waals surface area contributed by atoms with E-state index in [0.29, 0.717) is 17.7 Å². The molecule has 0 aliphatic carbocycles. The van der Waals surface area contributed by atoms with Crippen LogP contribution in [-0.2, 0) is 10.0 Å². The molecule has 0 spiro atoms. The Bertz CT molecular complexity index is 1060. The van der Waals surface area contributed by atoms with Gasteiger partial charge in [-0.05, 0) is 23.8 Å². The van der Waals surface area contributed by atoms with E-state index in [1.165, 1.54) is 16.4 Å². The van der Waals surface area contributed by atoms with Gasteiger partial charge in [-0.1, -0.05) is 25.1 Å². The van der Waals surface area contributed by atoms with E-state index in [9.17, 15) is 13.2 Å². The zero-order valence-corrected chi connectivity index (χ0v) is 13.1. The number of nitrogens with one attached hydrogen (secondary N) is 1. The summed E-state index contributed by atoms with van der Waals surface area (Å²) in [6.45, 7) is 2.40. The molecule has 2 heterocycles. The van der Waals surface area contributed by atoms with Crippen LogP contribution in [0.4, 0.5) is 5.69 Å². The van der Waals surface area contributed by atoms with E-state index in [1.54, 1.807) is 6.07 Å². The molecular weight excluding hydrogens is 316 g/mol. The topological polar surface area (TPSA) is 83.4 Å². The Labute approximate surface area is 132 Å². The summed E-state index contributed by atoms with van der Waals surface area (Å²) < 4.78 is 32.4. The summed E-state index contributed by atoms with van der Waals surface area (Å²) in [5.74, 6) is -0.468. The quantitative estimate of drug-likeness (QED) is 0.782. The average Bonchev–Trinajstić information content (AvgIpc) is 3.07. The monoisotopic (exact) mass is 330 g/mol. The molecule has 7 heteroatoms. The molecule has 1 aliphatic heterocycles. The Morgan fingerprint density at radius 1 is 1.22 bits per heavy atom. The molecule has 4 rings (SSSR count). The van der Waals surface area contributed by atoms with Crippen molar-refractivity contribution in [3.05, 3.63) is 58.6 Å². The maximum atomic E-state index is 13.0. The highest BCUT2D eigenvalue weighted by Crippen LogP contribution is 2.39. The largest absolute Gasteiger partial charge is 0.417 e. The van der Waals surface area contributed by atoms with Crippen LogP contribution in [0.5, 0.6) is 0 Å². The zero-order chi connectivity index (χ0) is 16.2. The Kier molecular flexibility index (Phi) is 2.89. The molecule has 1 atom stereocenters. The van der Waals surface area contributed by atoms with Gasteiger partial charge in [0.2, 0.25) is 0 Å². The first-order valence-corrected chi connectivity index (χ1v) is 8.65. The molecule has 1 aromatic heterocycles. The highest BCUT2D eigenvalue weighted by atomic mass is 32.2. The predicted molar refractivity (Wildman–Crippen MR) is 86.2 cm³/mol. The highest BCUT2D eigenvalue weighted by Gasteiger charge is 2.34. The van der Waals surface area contributed by atoms with Gasteiger partial charge in [0.1, 0.15) is 0 Å². The Morgan fingerprint density at radius 3 is 2.83 bits per heavy atom. The third kappa shape index (κ3) is 2.08. The molecule has 1 aliphatic rings. The van der Waals surface area contributed by atoms with Crippen LogP contribution >= 0.6 is 0 Å². The molecule has 0 saturated carbocycles. The molecule has 0 bridgehead atoms. The van der Waals surface area contributed by atoms with Gasteiger partial charge in [-0.15, -0.1) is 0 Å². The minimum absolute atomic E-state index is 0.108. The van der Waals surface area contributed by atoms with Gasteiger partial charge in [0.05, 0.1) is 16.1 Å². The van der Waals surface area contributed by atoms with Crippen molar-refractivity contribution in [3.63, 3.8) is 0 Å². The van der Waals surface area contributed by atoms with E-state index >= 15 is 0 Å². The van der Waals surface area contributed by atoms with Crippen LogP contribution in [0.25, 0.3) is 11.1 Å². The summed E-state index contributed by atoms with van der Waals surface area (Å²) >= 11 is 0. The lowest BCUT2D eigenvalue weighted by molar-refractivity contribution is 0.553. The number of nitrogens with zero attached hydrogens (tertiary/aromatic N) is 1. The number of hydrogen-bond donors (Lipinski definition) is 1. The summed E-state index contributed by atoms with van der Waals surface area (Å²) in [7, 11) is -3.71. The summed E-state index contributed by atoms with van der Waals surface area (Å²) in [5, 5.41) is 0. The highest BCUT2D eigenvalue weighted by molar-refractivity contribution is 7.92. The van der Waals surface area contributed by atoms with E-state index in [-0.39, 0.29) is 16.4 Å². The fraction of sp³-hybridized carbons (Fsp3) is 0.188. The third-order valence-corrected chi connectivity index (χ3v) is 5.93. The minimum atomic E-state index is -3.71. The number of aromatic amines is 1. The van der Waals surface area contributed by atoms with Crippen molar-refractivity contribution in [2.45, 2.75) is 17.7 Å². The molecule has 0 amide bonds. The van der Waals surface area contributed by atoms with Gasteiger partial charge in [0, 0.05) is 18.5 Å². The van der Waals surface area contributed by atoms with Crippen molar-refractivity contribution in [1.29, 1.82) is 0 Å². The number of rotatable bonds is 2. The van der Waals surface area contributed by atoms with Crippen molar-refractivity contribution < 1.29 is 12.8 Å². The van der Waals surface area contributed by atoms with E-state index in [2.05, 4.69) is 4.98 Å². The predicted octanol–water partition coefficient (Wildman–Crippen LogP) is 2.43. The summed E-state index contributed by atoms with van der Waals surface area (Å²) in [4.78, 5) is 13.8. The minimum Gasteiger partial charge on any atom is -0.408 e. The second-order valence-electron chi connectivity index (χ2n) is 5.67. The lowest BCUT2D eigenvalue weighted by Crippen LogP contribution is -2.29. The number of H-pyrrole nitrogens is 1. The molecule has 0 radical (unpaired) electrons. The Hall–Kier alpha value is -2.54. The number of sulfonamides is 1. The molecule has 0 fully saturated rings. The number of benzene rings is 2. The SMILES string of the molecule is CC1CN(S(=O)(=O)c2ccc3[nH]c(=O)oc3c2)c2ccccc21. The molecule has 1 N–H and O–H groups in total. The molecule has 2 aromatic carbocycles. The van der Waals surface area contributed by atoms with Crippen LogP contribution in [0.2, 0.25) is 0 Å². The van der Waals surface area contributed by atoms with Gasteiger partial charge >= 0.3 is 5.76 Å².